The number of anilines is 1. The van der Waals surface area contributed by atoms with E-state index in [-0.39, 0.29) is 6.54 Å². The van der Waals surface area contributed by atoms with Crippen LogP contribution in [0.3, 0.4) is 0 Å². The van der Waals surface area contributed by atoms with Crippen molar-refractivity contribution in [2.75, 3.05) is 32.1 Å². The molecule has 1 fully saturated rings. The smallest absolute Gasteiger partial charge is 0.279 e. The average molecular weight is 298 g/mol. The molecule has 0 spiro atoms. The normalized spacial score (nSPS) is 17.1. The molecular weight excluding hydrogens is 276 g/mol. The number of nitrogens with zero attached hydrogens (tertiary/aromatic N) is 3. The van der Waals surface area contributed by atoms with E-state index >= 15 is 0 Å². The van der Waals surface area contributed by atoms with Crippen LogP contribution in [0.25, 0.3) is 0 Å². The van der Waals surface area contributed by atoms with Crippen LogP contribution in [0, 0.1) is 0 Å². The van der Waals surface area contributed by atoms with E-state index in [9.17, 15) is 8.42 Å². The summed E-state index contributed by atoms with van der Waals surface area (Å²) >= 11 is 0. The average Bonchev–Trinajstić information content (AvgIpc) is 2.46. The molecular formula is C13H22N4O2S. The molecule has 0 saturated carbocycles. The number of hydrogen-bond acceptors (Lipinski definition) is 4. The second kappa shape index (κ2) is 6.51. The van der Waals surface area contributed by atoms with E-state index in [1.165, 1.54) is 4.31 Å². The molecule has 0 unspecified atom stereocenters. The number of nitrogens with one attached hydrogen (secondary N) is 1. The van der Waals surface area contributed by atoms with Gasteiger partial charge in [0.25, 0.3) is 10.2 Å². The first kappa shape index (κ1) is 15.2. The number of rotatable bonds is 5. The fraction of sp³-hybridized carbons (Fsp3) is 0.615. The van der Waals surface area contributed by atoms with E-state index < -0.39 is 10.2 Å². The topological polar surface area (TPSA) is 65.5 Å². The van der Waals surface area contributed by atoms with Gasteiger partial charge >= 0.3 is 0 Å². The van der Waals surface area contributed by atoms with Crippen molar-refractivity contribution in [3.05, 3.63) is 23.9 Å². The maximum atomic E-state index is 12.2. The molecule has 0 radical (unpaired) electrons. The van der Waals surface area contributed by atoms with Crippen LogP contribution in [-0.4, -0.2) is 44.9 Å². The minimum atomic E-state index is -3.39. The molecule has 1 N–H and O–H groups in total. The van der Waals surface area contributed by atoms with Gasteiger partial charge in [-0.2, -0.15) is 17.4 Å². The maximum absolute atomic E-state index is 12.2. The fourth-order valence-electron chi connectivity index (χ4n) is 2.34. The predicted molar refractivity (Wildman–Crippen MR) is 79.7 cm³/mol. The van der Waals surface area contributed by atoms with Gasteiger partial charge in [-0.05, 0) is 18.9 Å². The van der Waals surface area contributed by atoms with Crippen molar-refractivity contribution in [3.8, 4) is 0 Å². The van der Waals surface area contributed by atoms with E-state index in [0.29, 0.717) is 13.1 Å². The van der Waals surface area contributed by atoms with Crippen LogP contribution in [0.5, 0.6) is 0 Å². The third kappa shape index (κ3) is 3.68. The van der Waals surface area contributed by atoms with Crippen molar-refractivity contribution < 1.29 is 8.42 Å². The van der Waals surface area contributed by atoms with Crippen LogP contribution >= 0.6 is 0 Å². The van der Waals surface area contributed by atoms with E-state index in [1.807, 2.05) is 31.1 Å². The lowest BCUT2D eigenvalue weighted by Crippen LogP contribution is -2.43. The van der Waals surface area contributed by atoms with Gasteiger partial charge in [0.15, 0.2) is 0 Å². The van der Waals surface area contributed by atoms with Crippen LogP contribution in [0.1, 0.15) is 24.8 Å². The second-order valence-corrected chi connectivity index (χ2v) is 6.92. The molecule has 1 aromatic heterocycles. The molecule has 0 aliphatic carbocycles. The van der Waals surface area contributed by atoms with Gasteiger partial charge in [-0.15, -0.1) is 0 Å². The van der Waals surface area contributed by atoms with Crippen molar-refractivity contribution >= 4 is 16.0 Å². The monoisotopic (exact) mass is 298 g/mol. The molecule has 1 aliphatic rings. The van der Waals surface area contributed by atoms with Gasteiger partial charge in [-0.3, -0.25) is 0 Å². The summed E-state index contributed by atoms with van der Waals surface area (Å²) in [5, 5.41) is 0. The summed E-state index contributed by atoms with van der Waals surface area (Å²) in [6.45, 7) is 1.49. The van der Waals surface area contributed by atoms with Crippen molar-refractivity contribution in [1.82, 2.24) is 14.0 Å². The zero-order chi connectivity index (χ0) is 14.6. The summed E-state index contributed by atoms with van der Waals surface area (Å²) < 4.78 is 28.6. The molecule has 2 rings (SSSR count). The molecule has 1 aliphatic heterocycles. The zero-order valence-electron chi connectivity index (χ0n) is 12.0. The van der Waals surface area contributed by atoms with Crippen LogP contribution in [0.4, 0.5) is 5.82 Å². The van der Waals surface area contributed by atoms with Crippen molar-refractivity contribution in [2.24, 2.45) is 0 Å². The molecule has 1 saturated heterocycles. The molecule has 0 aromatic carbocycles. The predicted octanol–water partition coefficient (Wildman–Crippen LogP) is 0.968. The largest absolute Gasteiger partial charge is 0.362 e. The lowest BCUT2D eigenvalue weighted by Gasteiger charge is -2.26. The lowest BCUT2D eigenvalue weighted by molar-refractivity contribution is 0.341. The Balaban J connectivity index is 2.04. The first-order chi connectivity index (χ1) is 9.50. The van der Waals surface area contributed by atoms with Crippen LogP contribution < -0.4 is 9.62 Å². The minimum Gasteiger partial charge on any atom is -0.362 e. The van der Waals surface area contributed by atoms with E-state index in [0.717, 1.165) is 30.6 Å². The van der Waals surface area contributed by atoms with Crippen LogP contribution in [0.15, 0.2) is 18.3 Å². The Kier molecular flexibility index (Phi) is 4.95. The van der Waals surface area contributed by atoms with Crippen LogP contribution in [-0.2, 0) is 16.8 Å². The standard InChI is InChI=1S/C13H22N4O2S/c1-16(2)13-12(7-6-8-14-13)11-15-20(18,19)17-9-4-3-5-10-17/h6-8,15H,3-5,9-11H2,1-2H3. The van der Waals surface area contributed by atoms with Crippen molar-refractivity contribution in [1.29, 1.82) is 0 Å². The summed E-state index contributed by atoms with van der Waals surface area (Å²) in [4.78, 5) is 6.15. The van der Waals surface area contributed by atoms with Gasteiger partial charge in [-0.25, -0.2) is 4.98 Å². The van der Waals surface area contributed by atoms with Gasteiger partial charge in [0.05, 0.1) is 0 Å². The zero-order valence-corrected chi connectivity index (χ0v) is 12.9. The molecule has 0 amide bonds. The summed E-state index contributed by atoms with van der Waals surface area (Å²) in [6, 6.07) is 3.71. The third-order valence-electron chi connectivity index (χ3n) is 3.39. The van der Waals surface area contributed by atoms with E-state index in [4.69, 9.17) is 0 Å². The minimum absolute atomic E-state index is 0.264. The molecule has 0 atom stereocenters. The Bertz CT molecular complexity index is 539. The van der Waals surface area contributed by atoms with Gasteiger partial charge in [0.1, 0.15) is 5.82 Å². The third-order valence-corrected chi connectivity index (χ3v) is 4.95. The second-order valence-electron chi connectivity index (χ2n) is 5.17. The quantitative estimate of drug-likeness (QED) is 0.879. The highest BCUT2D eigenvalue weighted by molar-refractivity contribution is 7.87. The molecule has 6 nitrogen and oxygen atoms in total. The Hall–Kier alpha value is -1.18. The SMILES string of the molecule is CN(C)c1ncccc1CNS(=O)(=O)N1CCCCC1. The summed E-state index contributed by atoms with van der Waals surface area (Å²) in [5.74, 6) is 0.786. The van der Waals surface area contributed by atoms with Gasteiger partial charge < -0.3 is 4.90 Å². The highest BCUT2D eigenvalue weighted by atomic mass is 32.2. The molecule has 2 heterocycles. The molecule has 7 heteroatoms. The van der Waals surface area contributed by atoms with E-state index in [2.05, 4.69) is 9.71 Å². The number of piperidine rings is 1. The Labute approximate surface area is 121 Å². The first-order valence-corrected chi connectivity index (χ1v) is 8.30. The highest BCUT2D eigenvalue weighted by Crippen LogP contribution is 2.16. The molecule has 0 bridgehead atoms. The lowest BCUT2D eigenvalue weighted by atomic mass is 10.2. The number of aromatic nitrogens is 1. The van der Waals surface area contributed by atoms with Crippen molar-refractivity contribution in [3.63, 3.8) is 0 Å². The molecule has 20 heavy (non-hydrogen) atoms. The molecule has 112 valence electrons. The summed E-state index contributed by atoms with van der Waals surface area (Å²) in [6.07, 6.45) is 4.70. The van der Waals surface area contributed by atoms with E-state index in [1.54, 1.807) is 6.20 Å². The van der Waals surface area contributed by atoms with Gasteiger partial charge in [0.2, 0.25) is 0 Å². The van der Waals surface area contributed by atoms with Crippen molar-refractivity contribution in [2.45, 2.75) is 25.8 Å². The summed E-state index contributed by atoms with van der Waals surface area (Å²) in [7, 11) is 0.401. The Morgan fingerprint density at radius 2 is 2.00 bits per heavy atom. The Morgan fingerprint density at radius 3 is 2.65 bits per heavy atom. The van der Waals surface area contributed by atoms with Gasteiger partial charge in [0, 0.05) is 45.5 Å². The molecule has 1 aromatic rings. The number of hydrogen-bond donors (Lipinski definition) is 1. The van der Waals surface area contributed by atoms with Gasteiger partial charge in [-0.1, -0.05) is 12.5 Å². The fourth-order valence-corrected chi connectivity index (χ4v) is 3.60. The summed E-state index contributed by atoms with van der Waals surface area (Å²) in [5.41, 5.74) is 0.873. The number of pyridine rings is 1. The maximum Gasteiger partial charge on any atom is 0.279 e. The van der Waals surface area contributed by atoms with Crippen LogP contribution in [0.2, 0.25) is 0 Å². The highest BCUT2D eigenvalue weighted by Gasteiger charge is 2.23. The Morgan fingerprint density at radius 1 is 1.30 bits per heavy atom. The first-order valence-electron chi connectivity index (χ1n) is 6.86.